The summed E-state index contributed by atoms with van der Waals surface area (Å²) in [5, 5.41) is 0.511. The summed E-state index contributed by atoms with van der Waals surface area (Å²) in [7, 11) is 0. The summed E-state index contributed by atoms with van der Waals surface area (Å²) in [4.78, 5) is 29.5. The largest absolute Gasteiger partial charge is 0.490 e. The number of rotatable bonds is 8. The molecule has 1 atom stereocenters. The van der Waals surface area contributed by atoms with Gasteiger partial charge in [0.25, 0.3) is 5.91 Å². The predicted octanol–water partition coefficient (Wildman–Crippen LogP) is 6.34. The highest BCUT2D eigenvalue weighted by Gasteiger charge is 2.43. The minimum atomic E-state index is -0.622. The topological polar surface area (TPSA) is 69.0 Å². The predicted molar refractivity (Wildman–Crippen MR) is 144 cm³/mol. The summed E-state index contributed by atoms with van der Waals surface area (Å²) >= 11 is 0. The molecule has 0 radical (unpaired) electrons. The van der Waals surface area contributed by atoms with Gasteiger partial charge in [0.05, 0.1) is 30.2 Å². The lowest BCUT2D eigenvalue weighted by atomic mass is 9.96. The van der Waals surface area contributed by atoms with E-state index in [1.165, 1.54) is 0 Å². The molecule has 1 aliphatic heterocycles. The lowest BCUT2D eigenvalue weighted by Gasteiger charge is -2.26. The van der Waals surface area contributed by atoms with Gasteiger partial charge in [0.1, 0.15) is 5.58 Å². The van der Waals surface area contributed by atoms with Crippen molar-refractivity contribution in [3.05, 3.63) is 104 Å². The fourth-order valence-corrected chi connectivity index (χ4v) is 5.10. The molecule has 0 spiro atoms. The van der Waals surface area contributed by atoms with Gasteiger partial charge < -0.3 is 18.8 Å². The number of nitrogens with zero attached hydrogens (tertiary/aromatic N) is 1. The van der Waals surface area contributed by atoms with Gasteiger partial charge in [0, 0.05) is 6.54 Å². The van der Waals surface area contributed by atoms with Gasteiger partial charge in [-0.15, -0.1) is 0 Å². The Bertz CT molecular complexity index is 1520. The van der Waals surface area contributed by atoms with Crippen molar-refractivity contribution in [1.82, 2.24) is 4.90 Å². The van der Waals surface area contributed by atoms with Gasteiger partial charge in [-0.3, -0.25) is 9.59 Å². The third-order valence-corrected chi connectivity index (χ3v) is 6.65. The number of aryl methyl sites for hydroxylation is 2. The van der Waals surface area contributed by atoms with Gasteiger partial charge in [-0.25, -0.2) is 0 Å². The first kappa shape index (κ1) is 24.6. The highest BCUT2D eigenvalue weighted by atomic mass is 16.5. The van der Waals surface area contributed by atoms with Crippen molar-refractivity contribution in [2.24, 2.45) is 0 Å². The molecule has 1 aliphatic rings. The Kier molecular flexibility index (Phi) is 6.74. The van der Waals surface area contributed by atoms with E-state index in [1.54, 1.807) is 4.90 Å². The SMILES string of the molecule is CCCOc1ccc(C2c3c(oc4cc(C)cc(C)c4c3=O)C(=O)N2Cc2ccccc2)cc1OCC. The van der Waals surface area contributed by atoms with E-state index >= 15 is 0 Å². The van der Waals surface area contributed by atoms with E-state index in [0.29, 0.717) is 47.8 Å². The van der Waals surface area contributed by atoms with E-state index in [2.05, 4.69) is 0 Å². The molecule has 190 valence electrons. The molecule has 0 N–H and O–H groups in total. The molecular weight excluding hydrogens is 466 g/mol. The summed E-state index contributed by atoms with van der Waals surface area (Å²) in [5.41, 5.74) is 4.17. The molecular formula is C31H31NO5. The average Bonchev–Trinajstić information content (AvgIpc) is 3.15. The molecule has 1 unspecified atom stereocenters. The average molecular weight is 498 g/mol. The zero-order valence-corrected chi connectivity index (χ0v) is 21.7. The fourth-order valence-electron chi connectivity index (χ4n) is 5.10. The number of benzene rings is 3. The van der Waals surface area contributed by atoms with Crippen LogP contribution >= 0.6 is 0 Å². The normalized spacial score (nSPS) is 14.8. The van der Waals surface area contributed by atoms with Crippen LogP contribution in [0.15, 0.2) is 69.9 Å². The van der Waals surface area contributed by atoms with Crippen LogP contribution in [0.25, 0.3) is 11.0 Å². The monoisotopic (exact) mass is 497 g/mol. The number of ether oxygens (including phenoxy) is 2. The Labute approximate surface area is 216 Å². The summed E-state index contributed by atoms with van der Waals surface area (Å²) in [6, 6.07) is 18.6. The second-order valence-electron chi connectivity index (χ2n) is 9.44. The zero-order chi connectivity index (χ0) is 26.1. The number of fused-ring (bicyclic) bond motifs is 2. The second-order valence-corrected chi connectivity index (χ2v) is 9.44. The van der Waals surface area contributed by atoms with Gasteiger partial charge >= 0.3 is 0 Å². The number of carbonyl (C=O) groups is 1. The van der Waals surface area contributed by atoms with E-state index < -0.39 is 6.04 Å². The van der Waals surface area contributed by atoms with Crippen LogP contribution in [0.3, 0.4) is 0 Å². The van der Waals surface area contributed by atoms with E-state index in [9.17, 15) is 9.59 Å². The van der Waals surface area contributed by atoms with E-state index in [4.69, 9.17) is 13.9 Å². The maximum atomic E-state index is 14.0. The van der Waals surface area contributed by atoms with Gasteiger partial charge in [-0.05, 0) is 67.6 Å². The highest BCUT2D eigenvalue weighted by molar-refractivity contribution is 5.99. The van der Waals surface area contributed by atoms with E-state index in [0.717, 1.165) is 28.7 Å². The van der Waals surface area contributed by atoms with Gasteiger partial charge in [0.15, 0.2) is 16.9 Å². The summed E-state index contributed by atoms with van der Waals surface area (Å²) in [5.74, 6) is 1.04. The first-order chi connectivity index (χ1) is 17.9. The minimum absolute atomic E-state index is 0.104. The molecule has 4 aromatic rings. The Morgan fingerprint density at radius 3 is 2.43 bits per heavy atom. The molecule has 0 bridgehead atoms. The van der Waals surface area contributed by atoms with Crippen LogP contribution in [0.4, 0.5) is 0 Å². The molecule has 0 fully saturated rings. The summed E-state index contributed by atoms with van der Waals surface area (Å²) < 4.78 is 18.0. The van der Waals surface area contributed by atoms with Crippen molar-refractivity contribution in [2.75, 3.05) is 13.2 Å². The Morgan fingerprint density at radius 2 is 1.70 bits per heavy atom. The molecule has 6 nitrogen and oxygen atoms in total. The van der Waals surface area contributed by atoms with Gasteiger partial charge in [-0.1, -0.05) is 49.4 Å². The van der Waals surface area contributed by atoms with Crippen LogP contribution < -0.4 is 14.9 Å². The molecule has 0 saturated carbocycles. The van der Waals surface area contributed by atoms with Crippen LogP contribution in [0.2, 0.25) is 0 Å². The van der Waals surface area contributed by atoms with Crippen LogP contribution in [0, 0.1) is 13.8 Å². The molecule has 6 heteroatoms. The lowest BCUT2D eigenvalue weighted by Crippen LogP contribution is -2.29. The minimum Gasteiger partial charge on any atom is -0.490 e. The van der Waals surface area contributed by atoms with Crippen LogP contribution in [0.5, 0.6) is 11.5 Å². The number of hydrogen-bond acceptors (Lipinski definition) is 5. The summed E-state index contributed by atoms with van der Waals surface area (Å²) in [6.07, 6.45) is 0.871. The molecule has 2 heterocycles. The molecule has 0 saturated heterocycles. The number of carbonyl (C=O) groups excluding carboxylic acids is 1. The quantitative estimate of drug-likeness (QED) is 0.284. The van der Waals surface area contributed by atoms with Crippen molar-refractivity contribution in [3.63, 3.8) is 0 Å². The smallest absolute Gasteiger partial charge is 0.291 e. The summed E-state index contributed by atoms with van der Waals surface area (Å²) in [6.45, 7) is 9.18. The molecule has 37 heavy (non-hydrogen) atoms. The molecule has 0 aliphatic carbocycles. The standard InChI is InChI=1S/C31H31NO5/c1-5-14-36-23-13-12-22(17-24(23)35-6-2)28-27-29(33)26-20(4)15-19(3)16-25(26)37-30(27)31(34)32(28)18-21-10-8-7-9-11-21/h7-13,15-17,28H,5-6,14,18H2,1-4H3. The Morgan fingerprint density at radius 1 is 0.919 bits per heavy atom. The van der Waals surface area contributed by atoms with Crippen molar-refractivity contribution >= 4 is 16.9 Å². The highest BCUT2D eigenvalue weighted by Crippen LogP contribution is 2.42. The third kappa shape index (κ3) is 4.48. The molecule has 5 rings (SSSR count). The second kappa shape index (κ2) is 10.1. The van der Waals surface area contributed by atoms with E-state index in [1.807, 2.05) is 88.4 Å². The number of amides is 1. The molecule has 3 aromatic carbocycles. The fraction of sp³-hybridized carbons (Fsp3) is 0.290. The Balaban J connectivity index is 1.72. The van der Waals surface area contributed by atoms with Crippen molar-refractivity contribution in [1.29, 1.82) is 0 Å². The molecule has 1 amide bonds. The molecule has 1 aromatic heterocycles. The lowest BCUT2D eigenvalue weighted by molar-refractivity contribution is 0.0714. The maximum Gasteiger partial charge on any atom is 0.291 e. The Hall–Kier alpha value is -4.06. The van der Waals surface area contributed by atoms with Crippen molar-refractivity contribution < 1.29 is 18.7 Å². The third-order valence-electron chi connectivity index (χ3n) is 6.65. The van der Waals surface area contributed by atoms with E-state index in [-0.39, 0.29) is 17.1 Å². The van der Waals surface area contributed by atoms with Crippen LogP contribution in [-0.2, 0) is 6.54 Å². The van der Waals surface area contributed by atoms with Crippen molar-refractivity contribution in [2.45, 2.75) is 46.7 Å². The number of hydrogen-bond donors (Lipinski definition) is 0. The maximum absolute atomic E-state index is 14.0. The van der Waals surface area contributed by atoms with Crippen LogP contribution in [-0.4, -0.2) is 24.0 Å². The van der Waals surface area contributed by atoms with Gasteiger partial charge in [0.2, 0.25) is 5.76 Å². The first-order valence-electron chi connectivity index (χ1n) is 12.7. The van der Waals surface area contributed by atoms with Crippen molar-refractivity contribution in [3.8, 4) is 11.5 Å². The van der Waals surface area contributed by atoms with Crippen LogP contribution in [0.1, 0.15) is 64.7 Å². The van der Waals surface area contributed by atoms with Gasteiger partial charge in [-0.2, -0.15) is 0 Å². The first-order valence-corrected chi connectivity index (χ1v) is 12.7. The zero-order valence-electron chi connectivity index (χ0n) is 21.7.